The lowest BCUT2D eigenvalue weighted by Crippen LogP contribution is -2.33. The maximum Gasteiger partial charge on any atom is 0.0635 e. The van der Waals surface area contributed by atoms with Crippen molar-refractivity contribution in [2.24, 2.45) is 5.92 Å². The Labute approximate surface area is 126 Å². The van der Waals surface area contributed by atoms with E-state index >= 15 is 0 Å². The van der Waals surface area contributed by atoms with Crippen LogP contribution in [0.15, 0.2) is 18.2 Å². The second-order valence-electron chi connectivity index (χ2n) is 5.97. The molecule has 1 aliphatic rings. The third-order valence-corrected chi connectivity index (χ3v) is 4.04. The van der Waals surface area contributed by atoms with Crippen LogP contribution in [0.2, 0.25) is 5.02 Å². The van der Waals surface area contributed by atoms with E-state index in [0.29, 0.717) is 5.92 Å². The Morgan fingerprint density at radius 2 is 2.25 bits per heavy atom. The van der Waals surface area contributed by atoms with Gasteiger partial charge in [-0.1, -0.05) is 25.4 Å². The van der Waals surface area contributed by atoms with Crippen molar-refractivity contribution in [2.75, 3.05) is 24.6 Å². The molecule has 20 heavy (non-hydrogen) atoms. The summed E-state index contributed by atoms with van der Waals surface area (Å²) in [7, 11) is 0. The molecule has 4 heteroatoms. The van der Waals surface area contributed by atoms with Crippen molar-refractivity contribution in [1.29, 1.82) is 0 Å². The molecular weight excluding hydrogens is 272 g/mol. The lowest BCUT2D eigenvalue weighted by molar-refractivity contribution is 0.266. The van der Waals surface area contributed by atoms with Crippen molar-refractivity contribution < 1.29 is 5.11 Å². The molecule has 0 amide bonds. The monoisotopic (exact) mass is 296 g/mol. The number of aliphatic hydroxyl groups excluding tert-OH is 1. The van der Waals surface area contributed by atoms with Crippen molar-refractivity contribution in [3.8, 4) is 0 Å². The molecule has 0 bridgehead atoms. The summed E-state index contributed by atoms with van der Waals surface area (Å²) in [4.78, 5) is 2.32. The van der Waals surface area contributed by atoms with E-state index in [4.69, 9.17) is 11.6 Å². The van der Waals surface area contributed by atoms with Crippen molar-refractivity contribution in [3.05, 3.63) is 28.8 Å². The molecule has 2 rings (SSSR count). The third kappa shape index (κ3) is 3.87. The minimum atomic E-state index is 0.224. The highest BCUT2D eigenvalue weighted by atomic mass is 35.5. The lowest BCUT2D eigenvalue weighted by Gasteiger charge is -2.28. The second-order valence-corrected chi connectivity index (χ2v) is 6.41. The molecule has 1 aliphatic heterocycles. The predicted octanol–water partition coefficient (Wildman–Crippen LogP) is 3.05. The van der Waals surface area contributed by atoms with Gasteiger partial charge in [-0.15, -0.1) is 0 Å². The molecular formula is C16H25ClN2O. The topological polar surface area (TPSA) is 35.5 Å². The van der Waals surface area contributed by atoms with E-state index in [1.807, 2.05) is 12.1 Å². The van der Waals surface area contributed by atoms with Crippen molar-refractivity contribution in [1.82, 2.24) is 5.32 Å². The van der Waals surface area contributed by atoms with Gasteiger partial charge in [0, 0.05) is 23.8 Å². The SMILES string of the molecule is CC(C)CNCc1cc(Cl)ccc1N1CCCC1CO. The fourth-order valence-corrected chi connectivity index (χ4v) is 3.01. The van der Waals surface area contributed by atoms with Crippen molar-refractivity contribution in [2.45, 2.75) is 39.3 Å². The summed E-state index contributed by atoms with van der Waals surface area (Å²) in [5.74, 6) is 0.634. The van der Waals surface area contributed by atoms with Crippen LogP contribution in [-0.4, -0.2) is 30.8 Å². The Morgan fingerprint density at radius 3 is 2.95 bits per heavy atom. The van der Waals surface area contributed by atoms with Gasteiger partial charge in [0.2, 0.25) is 0 Å². The maximum absolute atomic E-state index is 9.51. The Balaban J connectivity index is 2.14. The van der Waals surface area contributed by atoms with Gasteiger partial charge in [-0.25, -0.2) is 0 Å². The Morgan fingerprint density at radius 1 is 1.45 bits per heavy atom. The van der Waals surface area contributed by atoms with E-state index in [1.165, 1.54) is 11.3 Å². The smallest absolute Gasteiger partial charge is 0.0635 e. The molecule has 2 N–H and O–H groups in total. The molecule has 112 valence electrons. The maximum atomic E-state index is 9.51. The number of nitrogens with zero attached hydrogens (tertiary/aromatic N) is 1. The first-order valence-electron chi connectivity index (χ1n) is 7.48. The van der Waals surface area contributed by atoms with Crippen LogP contribution in [-0.2, 0) is 6.54 Å². The van der Waals surface area contributed by atoms with Crippen LogP contribution in [0.4, 0.5) is 5.69 Å². The number of benzene rings is 1. The summed E-state index contributed by atoms with van der Waals surface area (Å²) < 4.78 is 0. The highest BCUT2D eigenvalue weighted by molar-refractivity contribution is 6.30. The van der Waals surface area contributed by atoms with Gasteiger partial charge in [0.25, 0.3) is 0 Å². The Bertz CT molecular complexity index is 436. The summed E-state index contributed by atoms with van der Waals surface area (Å²) in [6.07, 6.45) is 2.21. The standard InChI is InChI=1S/C16H25ClN2O/c1-12(2)9-18-10-13-8-14(17)5-6-16(13)19-7-3-4-15(19)11-20/h5-6,8,12,15,18,20H,3-4,7,9-11H2,1-2H3. The summed E-state index contributed by atoms with van der Waals surface area (Å²) >= 11 is 6.14. The largest absolute Gasteiger partial charge is 0.394 e. The van der Waals surface area contributed by atoms with Crippen LogP contribution in [0, 0.1) is 5.92 Å². The zero-order valence-electron chi connectivity index (χ0n) is 12.4. The number of hydrogen-bond acceptors (Lipinski definition) is 3. The van der Waals surface area contributed by atoms with Gasteiger partial charge in [0.05, 0.1) is 12.6 Å². The minimum absolute atomic E-state index is 0.224. The lowest BCUT2D eigenvalue weighted by atomic mass is 10.1. The first-order chi connectivity index (χ1) is 9.61. The fourth-order valence-electron chi connectivity index (χ4n) is 2.81. The molecule has 0 saturated carbocycles. The van der Waals surface area contributed by atoms with Gasteiger partial charge < -0.3 is 15.3 Å². The van der Waals surface area contributed by atoms with E-state index in [1.54, 1.807) is 0 Å². The van der Waals surface area contributed by atoms with E-state index in [2.05, 4.69) is 30.1 Å². The predicted molar refractivity (Wildman–Crippen MR) is 85.5 cm³/mol. The number of anilines is 1. The average Bonchev–Trinajstić information content (AvgIpc) is 2.86. The first-order valence-corrected chi connectivity index (χ1v) is 7.86. The van der Waals surface area contributed by atoms with Crippen molar-refractivity contribution in [3.63, 3.8) is 0 Å². The van der Waals surface area contributed by atoms with Crippen LogP contribution >= 0.6 is 11.6 Å². The van der Waals surface area contributed by atoms with Gasteiger partial charge in [-0.05, 0) is 49.1 Å². The van der Waals surface area contributed by atoms with E-state index in [0.717, 1.165) is 37.5 Å². The van der Waals surface area contributed by atoms with E-state index in [-0.39, 0.29) is 12.6 Å². The number of nitrogens with one attached hydrogen (secondary N) is 1. The quantitative estimate of drug-likeness (QED) is 0.847. The van der Waals surface area contributed by atoms with Crippen LogP contribution in [0.25, 0.3) is 0 Å². The van der Waals surface area contributed by atoms with Gasteiger partial charge >= 0.3 is 0 Å². The third-order valence-electron chi connectivity index (χ3n) is 3.81. The molecule has 1 atom stereocenters. The molecule has 0 aliphatic carbocycles. The van der Waals surface area contributed by atoms with Crippen LogP contribution in [0.5, 0.6) is 0 Å². The zero-order valence-corrected chi connectivity index (χ0v) is 13.2. The average molecular weight is 297 g/mol. The number of hydrogen-bond donors (Lipinski definition) is 2. The van der Waals surface area contributed by atoms with E-state index < -0.39 is 0 Å². The highest BCUT2D eigenvalue weighted by Gasteiger charge is 2.25. The van der Waals surface area contributed by atoms with Gasteiger partial charge in [0.15, 0.2) is 0 Å². The first kappa shape index (κ1) is 15.6. The molecule has 1 fully saturated rings. The molecule has 1 aromatic carbocycles. The van der Waals surface area contributed by atoms with Gasteiger partial charge in [-0.2, -0.15) is 0 Å². The minimum Gasteiger partial charge on any atom is -0.394 e. The van der Waals surface area contributed by atoms with Crippen LogP contribution in [0.1, 0.15) is 32.3 Å². The molecule has 1 unspecified atom stereocenters. The molecule has 1 saturated heterocycles. The molecule has 0 radical (unpaired) electrons. The number of halogens is 1. The molecule has 0 aromatic heterocycles. The van der Waals surface area contributed by atoms with Crippen LogP contribution in [0.3, 0.4) is 0 Å². The number of rotatable bonds is 6. The normalized spacial score (nSPS) is 19.1. The van der Waals surface area contributed by atoms with E-state index in [9.17, 15) is 5.11 Å². The Hall–Kier alpha value is -0.770. The summed E-state index contributed by atoms with van der Waals surface area (Å²) in [6, 6.07) is 6.31. The van der Waals surface area contributed by atoms with Crippen molar-refractivity contribution >= 4 is 17.3 Å². The fraction of sp³-hybridized carbons (Fsp3) is 0.625. The van der Waals surface area contributed by atoms with Gasteiger partial charge in [-0.3, -0.25) is 0 Å². The highest BCUT2D eigenvalue weighted by Crippen LogP contribution is 2.30. The Kier molecular flexibility index (Phi) is 5.70. The molecule has 1 aromatic rings. The zero-order chi connectivity index (χ0) is 14.5. The van der Waals surface area contributed by atoms with Crippen LogP contribution < -0.4 is 10.2 Å². The molecule has 0 spiro atoms. The summed E-state index contributed by atoms with van der Waals surface area (Å²) in [5, 5.41) is 13.8. The second kappa shape index (κ2) is 7.30. The number of aliphatic hydroxyl groups is 1. The van der Waals surface area contributed by atoms with Gasteiger partial charge in [0.1, 0.15) is 0 Å². The summed E-state index contributed by atoms with van der Waals surface area (Å²) in [5.41, 5.74) is 2.43. The molecule has 3 nitrogen and oxygen atoms in total. The summed E-state index contributed by atoms with van der Waals surface area (Å²) in [6.45, 7) is 7.46. The molecule has 1 heterocycles.